The predicted molar refractivity (Wildman–Crippen MR) is 91.8 cm³/mol. The quantitative estimate of drug-likeness (QED) is 0.829. The number of aliphatic hydroxyl groups excluding tert-OH is 1. The highest BCUT2D eigenvalue weighted by molar-refractivity contribution is 6.21. The van der Waals surface area contributed by atoms with Crippen LogP contribution in [0.3, 0.4) is 0 Å². The molecule has 3 rings (SSSR count). The molecule has 1 N–H and O–H groups in total. The molecule has 4 heteroatoms. The molecule has 2 aromatic rings. The number of aliphatic hydroxyl groups is 1. The van der Waals surface area contributed by atoms with E-state index >= 15 is 0 Å². The molecule has 124 valence electrons. The summed E-state index contributed by atoms with van der Waals surface area (Å²) in [5.41, 5.74) is 3.01. The maximum atomic E-state index is 12.3. The van der Waals surface area contributed by atoms with Crippen molar-refractivity contribution in [2.75, 3.05) is 6.54 Å². The molecule has 24 heavy (non-hydrogen) atoms. The van der Waals surface area contributed by atoms with Crippen LogP contribution in [0.25, 0.3) is 0 Å². The highest BCUT2D eigenvalue weighted by Gasteiger charge is 2.34. The summed E-state index contributed by atoms with van der Waals surface area (Å²) in [4.78, 5) is 25.9. The van der Waals surface area contributed by atoms with E-state index in [1.165, 1.54) is 4.90 Å². The Kier molecular flexibility index (Phi) is 4.76. The lowest BCUT2D eigenvalue weighted by atomic mass is 10.0. The van der Waals surface area contributed by atoms with Crippen molar-refractivity contribution in [3.05, 3.63) is 70.8 Å². The lowest BCUT2D eigenvalue weighted by Crippen LogP contribution is -2.30. The van der Waals surface area contributed by atoms with Gasteiger partial charge in [-0.05, 0) is 42.5 Å². The Bertz CT molecular complexity index is 734. The first kappa shape index (κ1) is 16.4. The Labute approximate surface area is 141 Å². The van der Waals surface area contributed by atoms with Gasteiger partial charge in [0.25, 0.3) is 11.8 Å². The molecule has 0 radical (unpaired) electrons. The van der Waals surface area contributed by atoms with Crippen LogP contribution in [0.15, 0.2) is 48.5 Å². The molecule has 1 heterocycles. The van der Waals surface area contributed by atoms with Crippen LogP contribution >= 0.6 is 0 Å². The second-order valence-corrected chi connectivity index (χ2v) is 6.08. The molecule has 1 aliphatic rings. The Balaban J connectivity index is 1.62. The second-order valence-electron chi connectivity index (χ2n) is 6.08. The molecule has 0 aliphatic carbocycles. The molecule has 2 amide bonds. The van der Waals surface area contributed by atoms with Crippen molar-refractivity contribution in [3.63, 3.8) is 0 Å². The topological polar surface area (TPSA) is 57.6 Å². The number of aryl methyl sites for hydroxylation is 1. The van der Waals surface area contributed by atoms with Gasteiger partial charge in [0.1, 0.15) is 0 Å². The van der Waals surface area contributed by atoms with Crippen molar-refractivity contribution in [1.29, 1.82) is 0 Å². The van der Waals surface area contributed by atoms with Crippen LogP contribution in [0.5, 0.6) is 0 Å². The highest BCUT2D eigenvalue weighted by atomic mass is 16.3. The normalized spacial score (nSPS) is 14.8. The summed E-state index contributed by atoms with van der Waals surface area (Å²) in [7, 11) is 0. The van der Waals surface area contributed by atoms with Crippen LogP contribution in [-0.2, 0) is 6.42 Å². The van der Waals surface area contributed by atoms with Gasteiger partial charge in [-0.3, -0.25) is 14.5 Å². The first-order chi connectivity index (χ1) is 11.6. The van der Waals surface area contributed by atoms with Crippen molar-refractivity contribution in [2.45, 2.75) is 32.3 Å². The van der Waals surface area contributed by atoms with Crippen molar-refractivity contribution in [2.24, 2.45) is 0 Å². The van der Waals surface area contributed by atoms with Crippen LogP contribution < -0.4 is 0 Å². The molecule has 0 saturated carbocycles. The SMILES string of the molecule is CCC(O)c1cccc(CCCN2C(=O)c3ccccc3C2=O)c1. The molecule has 0 fully saturated rings. The minimum absolute atomic E-state index is 0.203. The van der Waals surface area contributed by atoms with E-state index in [0.29, 0.717) is 30.5 Å². The van der Waals surface area contributed by atoms with Gasteiger partial charge in [-0.25, -0.2) is 0 Å². The van der Waals surface area contributed by atoms with Gasteiger partial charge in [0, 0.05) is 6.54 Å². The Morgan fingerprint density at radius 2 is 1.67 bits per heavy atom. The largest absolute Gasteiger partial charge is 0.388 e. The van der Waals surface area contributed by atoms with Gasteiger partial charge in [-0.15, -0.1) is 0 Å². The van der Waals surface area contributed by atoms with E-state index in [9.17, 15) is 14.7 Å². The van der Waals surface area contributed by atoms with E-state index in [-0.39, 0.29) is 11.8 Å². The molecule has 0 aromatic heterocycles. The lowest BCUT2D eigenvalue weighted by molar-refractivity contribution is 0.0652. The van der Waals surface area contributed by atoms with Gasteiger partial charge in [0.15, 0.2) is 0 Å². The van der Waals surface area contributed by atoms with E-state index < -0.39 is 6.10 Å². The van der Waals surface area contributed by atoms with E-state index in [1.54, 1.807) is 24.3 Å². The van der Waals surface area contributed by atoms with Crippen LogP contribution in [0.2, 0.25) is 0 Å². The fourth-order valence-corrected chi connectivity index (χ4v) is 3.08. The molecule has 1 atom stereocenters. The van der Waals surface area contributed by atoms with E-state index in [4.69, 9.17) is 0 Å². The summed E-state index contributed by atoms with van der Waals surface area (Å²) in [5, 5.41) is 9.92. The van der Waals surface area contributed by atoms with Crippen molar-refractivity contribution < 1.29 is 14.7 Å². The maximum Gasteiger partial charge on any atom is 0.261 e. The molecule has 0 bridgehead atoms. The Morgan fingerprint density at radius 3 is 2.29 bits per heavy atom. The monoisotopic (exact) mass is 323 g/mol. The van der Waals surface area contributed by atoms with E-state index in [0.717, 1.165) is 17.5 Å². The minimum atomic E-state index is -0.443. The first-order valence-electron chi connectivity index (χ1n) is 8.34. The van der Waals surface area contributed by atoms with Crippen LogP contribution in [-0.4, -0.2) is 28.4 Å². The predicted octanol–water partition coefficient (Wildman–Crippen LogP) is 3.36. The summed E-state index contributed by atoms with van der Waals surface area (Å²) in [6, 6.07) is 14.8. The van der Waals surface area contributed by atoms with Gasteiger partial charge in [0.2, 0.25) is 0 Å². The molecule has 0 saturated heterocycles. The third kappa shape index (κ3) is 3.10. The number of hydrogen-bond acceptors (Lipinski definition) is 3. The van der Waals surface area contributed by atoms with Crippen LogP contribution in [0, 0.1) is 0 Å². The zero-order valence-electron chi connectivity index (χ0n) is 13.7. The molecular formula is C20H21NO3. The smallest absolute Gasteiger partial charge is 0.261 e. The molecule has 1 unspecified atom stereocenters. The number of carbonyl (C=O) groups is 2. The number of fused-ring (bicyclic) bond motifs is 1. The van der Waals surface area contributed by atoms with Gasteiger partial charge in [-0.1, -0.05) is 43.3 Å². The molecular weight excluding hydrogens is 302 g/mol. The van der Waals surface area contributed by atoms with Crippen molar-refractivity contribution in [1.82, 2.24) is 4.90 Å². The van der Waals surface area contributed by atoms with E-state index in [2.05, 4.69) is 0 Å². The Morgan fingerprint density at radius 1 is 1.00 bits per heavy atom. The zero-order valence-corrected chi connectivity index (χ0v) is 13.7. The molecule has 2 aromatic carbocycles. The third-order valence-corrected chi connectivity index (χ3v) is 4.45. The summed E-state index contributed by atoms with van der Waals surface area (Å²) in [6.07, 6.45) is 1.70. The van der Waals surface area contributed by atoms with Gasteiger partial charge in [0.05, 0.1) is 17.2 Å². The average molecular weight is 323 g/mol. The van der Waals surface area contributed by atoms with Crippen molar-refractivity contribution >= 4 is 11.8 Å². The number of rotatable bonds is 6. The maximum absolute atomic E-state index is 12.3. The highest BCUT2D eigenvalue weighted by Crippen LogP contribution is 2.23. The summed E-state index contributed by atoms with van der Waals surface area (Å²) >= 11 is 0. The minimum Gasteiger partial charge on any atom is -0.388 e. The number of benzene rings is 2. The second kappa shape index (κ2) is 6.97. The summed E-state index contributed by atoms with van der Waals surface area (Å²) in [5.74, 6) is -0.406. The summed E-state index contributed by atoms with van der Waals surface area (Å²) in [6.45, 7) is 2.35. The molecule has 4 nitrogen and oxygen atoms in total. The van der Waals surface area contributed by atoms with Gasteiger partial charge in [-0.2, -0.15) is 0 Å². The number of amides is 2. The standard InChI is InChI=1S/C20H21NO3/c1-2-18(22)15-9-5-7-14(13-15)8-6-12-21-19(23)16-10-3-4-11-17(16)20(21)24/h3-5,7,9-11,13,18,22H,2,6,8,12H2,1H3. The van der Waals surface area contributed by atoms with Crippen LogP contribution in [0.1, 0.15) is 57.7 Å². The first-order valence-corrected chi connectivity index (χ1v) is 8.34. The molecule has 0 spiro atoms. The fraction of sp³-hybridized carbons (Fsp3) is 0.300. The fourth-order valence-electron chi connectivity index (χ4n) is 3.08. The number of imide groups is 1. The van der Waals surface area contributed by atoms with E-state index in [1.807, 2.05) is 31.2 Å². The average Bonchev–Trinajstić information content (AvgIpc) is 2.86. The number of carbonyl (C=O) groups excluding carboxylic acids is 2. The zero-order chi connectivity index (χ0) is 17.1. The molecule has 1 aliphatic heterocycles. The summed E-state index contributed by atoms with van der Waals surface area (Å²) < 4.78 is 0. The Hall–Kier alpha value is -2.46. The van der Waals surface area contributed by atoms with Crippen molar-refractivity contribution in [3.8, 4) is 0 Å². The third-order valence-electron chi connectivity index (χ3n) is 4.45. The lowest BCUT2D eigenvalue weighted by Gasteiger charge is -2.14. The number of nitrogens with zero attached hydrogens (tertiary/aromatic N) is 1. The van der Waals surface area contributed by atoms with Gasteiger partial charge >= 0.3 is 0 Å². The number of hydrogen-bond donors (Lipinski definition) is 1. The van der Waals surface area contributed by atoms with Gasteiger partial charge < -0.3 is 5.11 Å². The van der Waals surface area contributed by atoms with Crippen LogP contribution in [0.4, 0.5) is 0 Å².